The maximum atomic E-state index is 12.5. The van der Waals surface area contributed by atoms with Crippen LogP contribution in [0.5, 0.6) is 0 Å². The van der Waals surface area contributed by atoms with Crippen LogP contribution in [-0.4, -0.2) is 51.5 Å². The lowest BCUT2D eigenvalue weighted by Crippen LogP contribution is -2.36. The number of thioether (sulfide) groups is 1. The van der Waals surface area contributed by atoms with E-state index in [1.165, 1.54) is 16.7 Å². The largest absolute Gasteiger partial charge is 0.443 e. The monoisotopic (exact) mass is 470 g/mol. The van der Waals surface area contributed by atoms with E-state index in [1.54, 1.807) is 32.9 Å². The average Bonchev–Trinajstić information content (AvgIpc) is 3.23. The summed E-state index contributed by atoms with van der Waals surface area (Å²) in [4.78, 5) is 53.2. The summed E-state index contributed by atoms with van der Waals surface area (Å²) in [5.74, 6) is -0.218. The fourth-order valence-electron chi connectivity index (χ4n) is 3.80. The number of ether oxygens (including phenoxy) is 1. The third-order valence-corrected chi connectivity index (χ3v) is 6.20. The van der Waals surface area contributed by atoms with Crippen LogP contribution in [0.1, 0.15) is 63.4 Å². The van der Waals surface area contributed by atoms with Crippen LogP contribution in [0, 0.1) is 0 Å². The summed E-state index contributed by atoms with van der Waals surface area (Å²) < 4.78 is 5.32. The molecule has 0 unspecified atom stereocenters. The van der Waals surface area contributed by atoms with Crippen LogP contribution in [0.4, 0.5) is 4.79 Å². The minimum absolute atomic E-state index is 0.170. The number of carbonyl (C=O) groups excluding carboxylic acids is 4. The molecule has 0 radical (unpaired) electrons. The highest BCUT2D eigenvalue weighted by Crippen LogP contribution is 2.31. The average molecular weight is 471 g/mol. The smallest absolute Gasteiger partial charge is 0.417 e. The van der Waals surface area contributed by atoms with Gasteiger partial charge in [-0.25, -0.2) is 9.69 Å². The van der Waals surface area contributed by atoms with Crippen molar-refractivity contribution in [1.29, 1.82) is 0 Å². The molecule has 1 aromatic carbocycles. The highest BCUT2D eigenvalue weighted by Gasteiger charge is 2.37. The van der Waals surface area contributed by atoms with Crippen LogP contribution in [0.25, 0.3) is 0 Å². The standard InChI is InChI=1S/C23H24N2O5S.C2H6/c1-23(2,3)30-22(29)25-13-14-12-15(8-9-16(14)19(25)26)31-11-10-24-20(27)17-6-4-5-7-18(17)21(24)28;1-2/h4,6,8-9,12H,5,7,10-11,13H2,1-3H3;1-2H3. The molecule has 7 nitrogen and oxygen atoms in total. The van der Waals surface area contributed by atoms with Crippen LogP contribution in [0.15, 0.2) is 46.4 Å². The van der Waals surface area contributed by atoms with Gasteiger partial charge in [0.15, 0.2) is 0 Å². The Labute approximate surface area is 198 Å². The fraction of sp³-hybridized carbons (Fsp3) is 0.440. The summed E-state index contributed by atoms with van der Waals surface area (Å²) in [5.41, 5.74) is 1.72. The third-order valence-electron chi connectivity index (χ3n) is 5.23. The summed E-state index contributed by atoms with van der Waals surface area (Å²) in [6.07, 6.45) is 4.43. The quantitative estimate of drug-likeness (QED) is 0.468. The molecule has 33 heavy (non-hydrogen) atoms. The number of carbonyl (C=O) groups is 4. The van der Waals surface area contributed by atoms with Gasteiger partial charge in [-0.05, 0) is 57.4 Å². The second-order valence-corrected chi connectivity index (χ2v) is 9.80. The summed E-state index contributed by atoms with van der Waals surface area (Å²) in [6, 6.07) is 5.41. The van der Waals surface area contributed by atoms with Gasteiger partial charge in [-0.3, -0.25) is 19.3 Å². The zero-order valence-corrected chi connectivity index (χ0v) is 20.6. The van der Waals surface area contributed by atoms with Gasteiger partial charge in [-0.1, -0.05) is 26.0 Å². The first-order valence-electron chi connectivity index (χ1n) is 11.2. The van der Waals surface area contributed by atoms with E-state index in [0.29, 0.717) is 35.4 Å². The molecule has 3 aliphatic rings. The van der Waals surface area contributed by atoms with E-state index >= 15 is 0 Å². The zero-order valence-electron chi connectivity index (χ0n) is 19.8. The van der Waals surface area contributed by atoms with Gasteiger partial charge in [0.05, 0.1) is 6.54 Å². The van der Waals surface area contributed by atoms with Crippen LogP contribution in [0.3, 0.4) is 0 Å². The number of nitrogens with zero attached hydrogens (tertiary/aromatic N) is 2. The molecule has 0 saturated heterocycles. The van der Waals surface area contributed by atoms with E-state index in [4.69, 9.17) is 4.74 Å². The fourth-order valence-corrected chi connectivity index (χ4v) is 4.70. The van der Waals surface area contributed by atoms with Gasteiger partial charge in [-0.15, -0.1) is 11.8 Å². The van der Waals surface area contributed by atoms with Crippen LogP contribution in [0.2, 0.25) is 0 Å². The van der Waals surface area contributed by atoms with E-state index in [0.717, 1.165) is 21.8 Å². The molecule has 176 valence electrons. The first-order valence-corrected chi connectivity index (χ1v) is 12.2. The molecule has 1 aromatic rings. The van der Waals surface area contributed by atoms with Gasteiger partial charge in [0.2, 0.25) is 0 Å². The molecule has 2 heterocycles. The van der Waals surface area contributed by atoms with Crippen molar-refractivity contribution in [3.8, 4) is 0 Å². The Morgan fingerprint density at radius 2 is 1.82 bits per heavy atom. The van der Waals surface area contributed by atoms with Gasteiger partial charge in [0.25, 0.3) is 17.7 Å². The highest BCUT2D eigenvalue weighted by atomic mass is 32.2. The van der Waals surface area contributed by atoms with Crippen molar-refractivity contribution < 1.29 is 23.9 Å². The lowest BCUT2D eigenvalue weighted by atomic mass is 10.00. The van der Waals surface area contributed by atoms with Gasteiger partial charge in [-0.2, -0.15) is 0 Å². The second kappa shape index (κ2) is 9.95. The van der Waals surface area contributed by atoms with Crippen molar-refractivity contribution in [3.63, 3.8) is 0 Å². The van der Waals surface area contributed by atoms with Crippen LogP contribution in [-0.2, 0) is 20.9 Å². The molecule has 0 fully saturated rings. The van der Waals surface area contributed by atoms with Crippen LogP contribution < -0.4 is 0 Å². The van der Waals surface area contributed by atoms with Crippen LogP contribution >= 0.6 is 11.8 Å². The Balaban J connectivity index is 0.00000149. The number of imide groups is 2. The lowest BCUT2D eigenvalue weighted by Gasteiger charge is -2.23. The van der Waals surface area contributed by atoms with Gasteiger partial charge < -0.3 is 4.74 Å². The molecule has 0 spiro atoms. The molecule has 8 heteroatoms. The molecule has 0 bridgehead atoms. The molecular weight excluding hydrogens is 440 g/mol. The van der Waals surface area contributed by atoms with E-state index in [9.17, 15) is 19.2 Å². The number of fused-ring (bicyclic) bond motifs is 1. The molecule has 0 atom stereocenters. The summed E-state index contributed by atoms with van der Waals surface area (Å²) in [7, 11) is 0. The lowest BCUT2D eigenvalue weighted by molar-refractivity contribution is -0.137. The van der Waals surface area contributed by atoms with Crippen molar-refractivity contribution in [3.05, 3.63) is 52.6 Å². The predicted octanol–water partition coefficient (Wildman–Crippen LogP) is 4.71. The van der Waals surface area contributed by atoms with Crippen molar-refractivity contribution in [2.75, 3.05) is 12.3 Å². The first kappa shape index (κ1) is 24.8. The van der Waals surface area contributed by atoms with Crippen molar-refractivity contribution >= 4 is 35.6 Å². The highest BCUT2D eigenvalue weighted by molar-refractivity contribution is 7.99. The number of amides is 4. The number of benzene rings is 1. The Morgan fingerprint density at radius 1 is 1.09 bits per heavy atom. The van der Waals surface area contributed by atoms with E-state index in [2.05, 4.69) is 0 Å². The maximum Gasteiger partial charge on any atom is 0.417 e. The number of rotatable bonds is 4. The topological polar surface area (TPSA) is 84.0 Å². The van der Waals surface area contributed by atoms with E-state index in [1.807, 2.05) is 32.1 Å². The molecule has 4 amide bonds. The number of hydrogen-bond acceptors (Lipinski definition) is 6. The normalized spacial score (nSPS) is 17.2. The SMILES string of the molecule is CC.CC(C)(C)OC(=O)N1Cc2cc(SCCN3C(=O)C4=C(CCC=C4)C3=O)ccc2C1=O. The molecule has 2 aliphatic heterocycles. The zero-order chi connectivity index (χ0) is 24.3. The minimum Gasteiger partial charge on any atom is -0.443 e. The van der Waals surface area contributed by atoms with Gasteiger partial charge in [0.1, 0.15) is 5.60 Å². The van der Waals surface area contributed by atoms with E-state index in [-0.39, 0.29) is 24.3 Å². The number of allylic oxidation sites excluding steroid dienone is 1. The predicted molar refractivity (Wildman–Crippen MR) is 127 cm³/mol. The first-order chi connectivity index (χ1) is 15.7. The number of hydrogen-bond donors (Lipinski definition) is 0. The maximum absolute atomic E-state index is 12.5. The molecule has 1 aliphatic carbocycles. The summed E-state index contributed by atoms with van der Waals surface area (Å²) >= 11 is 1.50. The van der Waals surface area contributed by atoms with Crippen molar-refractivity contribution in [1.82, 2.24) is 9.80 Å². The van der Waals surface area contributed by atoms with Gasteiger partial charge >= 0.3 is 6.09 Å². The minimum atomic E-state index is -0.679. The Hall–Kier alpha value is -2.87. The summed E-state index contributed by atoms with van der Waals surface area (Å²) in [6.45, 7) is 9.76. The molecule has 0 N–H and O–H groups in total. The Morgan fingerprint density at radius 3 is 2.48 bits per heavy atom. The van der Waals surface area contributed by atoms with Crippen molar-refractivity contribution in [2.24, 2.45) is 0 Å². The Kier molecular flexibility index (Phi) is 7.47. The van der Waals surface area contributed by atoms with E-state index < -0.39 is 11.7 Å². The molecule has 0 saturated carbocycles. The van der Waals surface area contributed by atoms with Gasteiger partial charge in [0, 0.05) is 33.9 Å². The van der Waals surface area contributed by atoms with Crippen molar-refractivity contribution in [2.45, 2.75) is 64.5 Å². The summed E-state index contributed by atoms with van der Waals surface area (Å²) in [5, 5.41) is 0. The third kappa shape index (κ3) is 5.21. The Bertz CT molecular complexity index is 1050. The second-order valence-electron chi connectivity index (χ2n) is 8.63. The molecule has 4 rings (SSSR count). The molecular formula is C25H30N2O5S. The molecule has 0 aromatic heterocycles.